The first-order valence-corrected chi connectivity index (χ1v) is 31.1. The van der Waals surface area contributed by atoms with Crippen LogP contribution in [0.1, 0.15) is 380 Å². The minimum atomic E-state index is -0.649. The van der Waals surface area contributed by atoms with Gasteiger partial charge in [-0.25, -0.2) is 0 Å². The maximum Gasteiger partial charge on any atom is 0.303 e. The Kier molecular flexibility index (Phi) is 72.4. The molecule has 404 valence electrons. The van der Waals surface area contributed by atoms with Crippen molar-refractivity contribution < 1.29 is 19.8 Å². The Hall–Kier alpha value is -1.10. The van der Waals surface area contributed by atoms with E-state index in [0.717, 1.165) is 32.2 Å². The van der Waals surface area contributed by atoms with E-state index in [1.54, 1.807) is 0 Å². The Labute approximate surface area is 422 Å². The molecule has 0 aromatic carbocycles. The first-order valence-electron chi connectivity index (χ1n) is 31.1. The number of rotatable bonds is 56. The van der Waals surface area contributed by atoms with E-state index in [4.69, 9.17) is 15.9 Å². The summed E-state index contributed by atoms with van der Waals surface area (Å²) in [6, 6.07) is 0. The molecule has 0 atom stereocenters. The predicted octanol–water partition coefficient (Wildman–Crippen LogP) is 22.0. The lowest BCUT2D eigenvalue weighted by atomic mass is 10.0. The molecule has 0 heterocycles. The van der Waals surface area contributed by atoms with Crippen molar-refractivity contribution >= 4 is 11.9 Å². The molecule has 0 aliphatic heterocycles. The summed E-state index contributed by atoms with van der Waals surface area (Å²) in [5, 5.41) is 17.2. The lowest BCUT2D eigenvalue weighted by Gasteiger charge is -2.04. The molecule has 0 bridgehead atoms. The Bertz CT molecular complexity index is 796. The van der Waals surface area contributed by atoms with Crippen LogP contribution in [0.5, 0.6) is 0 Å². The molecule has 0 aromatic heterocycles. The van der Waals surface area contributed by atoms with Gasteiger partial charge >= 0.3 is 11.9 Å². The van der Waals surface area contributed by atoms with Gasteiger partial charge in [0.25, 0.3) is 0 Å². The molecule has 4 N–H and O–H groups in total. The van der Waals surface area contributed by atoms with Gasteiger partial charge in [-0.05, 0) is 25.8 Å². The lowest BCUT2D eigenvalue weighted by Crippen LogP contribution is -1.97. The molecule has 67 heavy (non-hydrogen) atoms. The monoisotopic (exact) mass is 950 g/mol. The topological polar surface area (TPSA) is 101 Å². The molecule has 0 amide bonds. The fourth-order valence-electron chi connectivity index (χ4n) is 9.40. The average molecular weight is 951 g/mol. The minimum absolute atomic E-state index is 0.346. The molecular formula is C62H127NO4. The van der Waals surface area contributed by atoms with Gasteiger partial charge in [0.1, 0.15) is 0 Å². The zero-order valence-electron chi connectivity index (χ0n) is 46.6. The van der Waals surface area contributed by atoms with Crippen molar-refractivity contribution in [2.75, 3.05) is 6.54 Å². The Morgan fingerprint density at radius 2 is 0.343 bits per heavy atom. The fourth-order valence-corrected chi connectivity index (χ4v) is 9.40. The van der Waals surface area contributed by atoms with Crippen molar-refractivity contribution in [3.8, 4) is 0 Å². The van der Waals surface area contributed by atoms with Gasteiger partial charge in [0.2, 0.25) is 0 Å². The number of unbranched alkanes of at least 4 members (excludes halogenated alkanes) is 51. The van der Waals surface area contributed by atoms with Crippen LogP contribution in [0.15, 0.2) is 0 Å². The number of aliphatic carboxylic acids is 2. The molecule has 0 unspecified atom stereocenters. The second kappa shape index (κ2) is 69.2. The summed E-state index contributed by atoms with van der Waals surface area (Å²) in [5.74, 6) is -1.30. The normalized spacial score (nSPS) is 11.0. The summed E-state index contributed by atoms with van der Waals surface area (Å²) >= 11 is 0. The molecule has 0 saturated heterocycles. The van der Waals surface area contributed by atoms with E-state index in [1.165, 1.54) is 321 Å². The standard InChI is InChI=1S/2C27H54O2.C8H19N/c2*1-2-3-4-5-6-7-8-9-10-11-12-13-14-15-16-17-18-19-20-21-22-23-24-25-26-27(28)29;1-2-3-4-5-6-7-8-9/h2*2-26H2,1H3,(H,28,29);2-9H2,1H3. The third-order valence-corrected chi connectivity index (χ3v) is 14.0. The molecule has 0 aromatic rings. The summed E-state index contributed by atoms with van der Waals surface area (Å²) in [7, 11) is 0. The number of carboxylic acid groups (broad SMARTS) is 2. The van der Waals surface area contributed by atoms with Crippen LogP contribution >= 0.6 is 0 Å². The molecule has 0 aliphatic carbocycles. The number of hydrogen-bond donors (Lipinski definition) is 3. The second-order valence-electron chi connectivity index (χ2n) is 21.1. The van der Waals surface area contributed by atoms with Crippen LogP contribution in [0.2, 0.25) is 0 Å². The number of nitrogens with two attached hydrogens (primary N) is 1. The molecule has 5 nitrogen and oxygen atoms in total. The molecule has 0 rings (SSSR count). The van der Waals surface area contributed by atoms with E-state index in [1.807, 2.05) is 0 Å². The number of carbonyl (C=O) groups is 2. The van der Waals surface area contributed by atoms with Gasteiger partial charge in [-0.15, -0.1) is 0 Å². The molecule has 0 spiro atoms. The molecular weight excluding hydrogens is 823 g/mol. The van der Waals surface area contributed by atoms with Gasteiger partial charge in [-0.2, -0.15) is 0 Å². The Morgan fingerprint density at radius 1 is 0.224 bits per heavy atom. The van der Waals surface area contributed by atoms with Crippen LogP contribution in [0.3, 0.4) is 0 Å². The fraction of sp³-hybridized carbons (Fsp3) is 0.968. The van der Waals surface area contributed by atoms with Crippen LogP contribution in [0.25, 0.3) is 0 Å². The minimum Gasteiger partial charge on any atom is -0.481 e. The highest BCUT2D eigenvalue weighted by Gasteiger charge is 2.00. The maximum absolute atomic E-state index is 10.4. The third kappa shape index (κ3) is 79.3. The molecule has 0 radical (unpaired) electrons. The highest BCUT2D eigenvalue weighted by molar-refractivity contribution is 5.66. The Morgan fingerprint density at radius 3 is 0.463 bits per heavy atom. The summed E-state index contributed by atoms with van der Waals surface area (Å²) < 4.78 is 0. The second-order valence-corrected chi connectivity index (χ2v) is 21.1. The highest BCUT2D eigenvalue weighted by atomic mass is 16.4. The van der Waals surface area contributed by atoms with Crippen molar-refractivity contribution in [1.82, 2.24) is 0 Å². The van der Waals surface area contributed by atoms with Crippen LogP contribution in [0.4, 0.5) is 0 Å². The predicted molar refractivity (Wildman–Crippen MR) is 300 cm³/mol. The zero-order valence-corrected chi connectivity index (χ0v) is 46.6. The molecule has 5 heteroatoms. The van der Waals surface area contributed by atoms with Crippen molar-refractivity contribution in [3.63, 3.8) is 0 Å². The molecule has 0 saturated carbocycles. The van der Waals surface area contributed by atoms with Crippen molar-refractivity contribution in [1.29, 1.82) is 0 Å². The highest BCUT2D eigenvalue weighted by Crippen LogP contribution is 2.18. The Balaban J connectivity index is -0.00000103. The third-order valence-electron chi connectivity index (χ3n) is 14.0. The zero-order chi connectivity index (χ0) is 49.5. The number of hydrogen-bond acceptors (Lipinski definition) is 3. The smallest absolute Gasteiger partial charge is 0.303 e. The van der Waals surface area contributed by atoms with E-state index in [2.05, 4.69) is 20.8 Å². The average Bonchev–Trinajstić information content (AvgIpc) is 3.32. The summed E-state index contributed by atoms with van der Waals surface area (Å²) in [6.45, 7) is 7.69. The quantitative estimate of drug-likeness (QED) is 0.0527. The van der Waals surface area contributed by atoms with Crippen molar-refractivity contribution in [3.05, 3.63) is 0 Å². The SMILES string of the molecule is CCCCCCCCCCCCCCCCCCCCCCCCCCC(=O)O.CCCCCCCCCCCCCCCCCCCCCCCCCCC(=O)O.CCCCCCCCN. The van der Waals surface area contributed by atoms with E-state index in [0.29, 0.717) is 12.8 Å². The van der Waals surface area contributed by atoms with E-state index >= 15 is 0 Å². The first kappa shape index (κ1) is 70.2. The lowest BCUT2D eigenvalue weighted by molar-refractivity contribution is -0.138. The van der Waals surface area contributed by atoms with E-state index < -0.39 is 11.9 Å². The van der Waals surface area contributed by atoms with Crippen LogP contribution < -0.4 is 5.73 Å². The summed E-state index contributed by atoms with van der Waals surface area (Å²) in [5.41, 5.74) is 5.34. The largest absolute Gasteiger partial charge is 0.481 e. The summed E-state index contributed by atoms with van der Waals surface area (Å²) in [4.78, 5) is 20.8. The van der Waals surface area contributed by atoms with Gasteiger partial charge < -0.3 is 15.9 Å². The maximum atomic E-state index is 10.4. The van der Waals surface area contributed by atoms with Crippen LogP contribution in [0, 0.1) is 0 Å². The van der Waals surface area contributed by atoms with Crippen molar-refractivity contribution in [2.24, 2.45) is 5.73 Å². The van der Waals surface area contributed by atoms with Crippen molar-refractivity contribution in [2.45, 2.75) is 380 Å². The molecule has 0 fully saturated rings. The van der Waals surface area contributed by atoms with Gasteiger partial charge in [-0.1, -0.05) is 348 Å². The van der Waals surface area contributed by atoms with E-state index in [-0.39, 0.29) is 0 Å². The van der Waals surface area contributed by atoms with Gasteiger partial charge in [0, 0.05) is 12.8 Å². The van der Waals surface area contributed by atoms with Gasteiger partial charge in [-0.3, -0.25) is 9.59 Å². The van der Waals surface area contributed by atoms with Gasteiger partial charge in [0.15, 0.2) is 0 Å². The first-order chi connectivity index (χ1) is 33.0. The van der Waals surface area contributed by atoms with E-state index in [9.17, 15) is 9.59 Å². The van der Waals surface area contributed by atoms with Crippen LogP contribution in [-0.2, 0) is 9.59 Å². The summed E-state index contributed by atoms with van der Waals surface area (Å²) in [6.07, 6.45) is 75.1. The molecule has 0 aliphatic rings. The van der Waals surface area contributed by atoms with Crippen LogP contribution in [-0.4, -0.2) is 28.7 Å². The van der Waals surface area contributed by atoms with Gasteiger partial charge in [0.05, 0.1) is 0 Å². The number of carboxylic acids is 2.